The Kier molecular flexibility index (Phi) is 10.4. The molecule has 3 rings (SSSR count). The number of nitrogens with one attached hydrogen (secondary N) is 1. The van der Waals surface area contributed by atoms with Gasteiger partial charge in [0.05, 0.1) is 22.7 Å². The first-order valence-electron chi connectivity index (χ1n) is 12.6. The van der Waals surface area contributed by atoms with E-state index in [1.165, 1.54) is 17.0 Å². The molecule has 1 atom stereocenters. The number of benzene rings is 3. The van der Waals surface area contributed by atoms with Crippen molar-refractivity contribution in [3.8, 4) is 5.75 Å². The van der Waals surface area contributed by atoms with Gasteiger partial charge in [0.1, 0.15) is 18.3 Å². The molecule has 1 N–H and O–H groups in total. The second-order valence-corrected chi connectivity index (χ2v) is 11.4. The lowest BCUT2D eigenvalue weighted by Crippen LogP contribution is -2.51. The van der Waals surface area contributed by atoms with Gasteiger partial charge in [0.25, 0.3) is 10.0 Å². The van der Waals surface area contributed by atoms with E-state index in [0.29, 0.717) is 12.3 Å². The molecule has 0 bridgehead atoms. The van der Waals surface area contributed by atoms with Crippen LogP contribution in [0.1, 0.15) is 31.4 Å². The van der Waals surface area contributed by atoms with Gasteiger partial charge in [-0.05, 0) is 62.2 Å². The molecule has 3 aromatic carbocycles. The van der Waals surface area contributed by atoms with Gasteiger partial charge in [-0.25, -0.2) is 8.42 Å². The summed E-state index contributed by atoms with van der Waals surface area (Å²) < 4.78 is 33.9. The number of ether oxygens (including phenoxy) is 1. The fraction of sp³-hybridized carbons (Fsp3) is 0.310. The van der Waals surface area contributed by atoms with Crippen molar-refractivity contribution < 1.29 is 22.7 Å². The van der Waals surface area contributed by atoms with Crippen molar-refractivity contribution in [2.24, 2.45) is 0 Å². The van der Waals surface area contributed by atoms with Crippen molar-refractivity contribution in [1.29, 1.82) is 0 Å². The molecule has 2 amide bonds. The Morgan fingerprint density at radius 1 is 1.00 bits per heavy atom. The molecule has 0 aliphatic carbocycles. The smallest absolute Gasteiger partial charge is 0.264 e. The van der Waals surface area contributed by atoms with E-state index in [0.717, 1.165) is 21.9 Å². The van der Waals surface area contributed by atoms with Crippen LogP contribution in [0.2, 0.25) is 5.02 Å². The summed E-state index contributed by atoms with van der Waals surface area (Å²) in [6.07, 6.45) is 0.736. The van der Waals surface area contributed by atoms with Crippen LogP contribution in [-0.4, -0.2) is 51.4 Å². The Balaban J connectivity index is 2.02. The summed E-state index contributed by atoms with van der Waals surface area (Å²) in [5, 5.41) is 3.00. The minimum absolute atomic E-state index is 0.0243. The molecule has 0 saturated carbocycles. The van der Waals surface area contributed by atoms with Crippen LogP contribution in [0.25, 0.3) is 0 Å². The van der Waals surface area contributed by atoms with Gasteiger partial charge in [0.2, 0.25) is 11.8 Å². The maximum Gasteiger partial charge on any atom is 0.264 e. The molecule has 0 unspecified atom stereocenters. The number of hydrogen-bond donors (Lipinski definition) is 1. The monoisotopic (exact) mass is 571 g/mol. The van der Waals surface area contributed by atoms with Crippen LogP contribution < -0.4 is 14.4 Å². The van der Waals surface area contributed by atoms with Crippen LogP contribution in [0.5, 0.6) is 5.75 Å². The fourth-order valence-electron chi connectivity index (χ4n) is 3.91. The highest BCUT2D eigenvalue weighted by Gasteiger charge is 2.33. The highest BCUT2D eigenvalue weighted by atomic mass is 35.5. The number of halogens is 1. The van der Waals surface area contributed by atoms with Crippen LogP contribution >= 0.6 is 11.6 Å². The number of anilines is 1. The summed E-state index contributed by atoms with van der Waals surface area (Å²) in [6, 6.07) is 19.1. The third-order valence-corrected chi connectivity index (χ3v) is 8.33. The number of hydrogen-bond acceptors (Lipinski definition) is 5. The molecule has 0 aliphatic rings. The van der Waals surface area contributed by atoms with Gasteiger partial charge in [-0.1, -0.05) is 60.5 Å². The Bertz CT molecular complexity index is 1380. The molecule has 208 valence electrons. The first-order valence-corrected chi connectivity index (χ1v) is 14.4. The number of aryl methyl sites for hydroxylation is 1. The Morgan fingerprint density at radius 3 is 2.23 bits per heavy atom. The third-order valence-electron chi connectivity index (χ3n) is 6.24. The molecule has 10 heteroatoms. The number of sulfonamides is 1. The van der Waals surface area contributed by atoms with Gasteiger partial charge < -0.3 is 15.0 Å². The molecule has 0 fully saturated rings. The summed E-state index contributed by atoms with van der Waals surface area (Å²) in [4.78, 5) is 28.2. The summed E-state index contributed by atoms with van der Waals surface area (Å²) in [5.74, 6) is -0.232. The molecule has 3 aromatic rings. The minimum Gasteiger partial charge on any atom is -0.497 e. The van der Waals surface area contributed by atoms with E-state index in [1.807, 2.05) is 13.8 Å². The number of nitrogens with zero attached hydrogens (tertiary/aromatic N) is 2. The fourth-order valence-corrected chi connectivity index (χ4v) is 5.63. The zero-order valence-corrected chi connectivity index (χ0v) is 24.1. The highest BCUT2D eigenvalue weighted by molar-refractivity contribution is 7.92. The molecular weight excluding hydrogens is 538 g/mol. The molecule has 0 aliphatic heterocycles. The van der Waals surface area contributed by atoms with Crippen molar-refractivity contribution in [3.05, 3.63) is 88.9 Å². The molecule has 0 heterocycles. The quantitative estimate of drug-likeness (QED) is 0.337. The van der Waals surface area contributed by atoms with Crippen LogP contribution in [0.4, 0.5) is 5.69 Å². The number of para-hydroxylation sites is 1. The average molecular weight is 572 g/mol. The van der Waals surface area contributed by atoms with Crippen LogP contribution in [0.15, 0.2) is 77.7 Å². The van der Waals surface area contributed by atoms with Gasteiger partial charge in [0.15, 0.2) is 0 Å². The minimum atomic E-state index is -4.18. The maximum atomic E-state index is 13.9. The van der Waals surface area contributed by atoms with Gasteiger partial charge in [-0.3, -0.25) is 13.9 Å². The molecular formula is C29H34ClN3O5S. The van der Waals surface area contributed by atoms with E-state index in [-0.39, 0.29) is 28.1 Å². The van der Waals surface area contributed by atoms with Gasteiger partial charge in [-0.15, -0.1) is 0 Å². The second-order valence-electron chi connectivity index (χ2n) is 9.11. The van der Waals surface area contributed by atoms with Gasteiger partial charge in [-0.2, -0.15) is 0 Å². The highest BCUT2D eigenvalue weighted by Crippen LogP contribution is 2.31. The average Bonchev–Trinajstić information content (AvgIpc) is 2.93. The predicted octanol–water partition coefficient (Wildman–Crippen LogP) is 4.80. The summed E-state index contributed by atoms with van der Waals surface area (Å²) in [7, 11) is -2.62. The zero-order valence-electron chi connectivity index (χ0n) is 22.6. The lowest BCUT2D eigenvalue weighted by molar-refractivity contribution is -0.139. The number of carbonyl (C=O) groups excluding carboxylic acids is 2. The Morgan fingerprint density at radius 2 is 1.64 bits per heavy atom. The normalized spacial score (nSPS) is 11.9. The summed E-state index contributed by atoms with van der Waals surface area (Å²) in [5.41, 5.74) is 1.82. The van der Waals surface area contributed by atoms with Crippen molar-refractivity contribution >= 4 is 39.1 Å². The first-order chi connectivity index (χ1) is 18.6. The van der Waals surface area contributed by atoms with Crippen molar-refractivity contribution in [3.63, 3.8) is 0 Å². The van der Waals surface area contributed by atoms with E-state index in [1.54, 1.807) is 74.7 Å². The first kappa shape index (κ1) is 30.0. The molecule has 0 saturated heterocycles. The van der Waals surface area contributed by atoms with E-state index in [2.05, 4.69) is 5.32 Å². The van der Waals surface area contributed by atoms with E-state index >= 15 is 0 Å². The van der Waals surface area contributed by atoms with Crippen LogP contribution in [-0.2, 0) is 26.2 Å². The van der Waals surface area contributed by atoms with Gasteiger partial charge in [0, 0.05) is 13.1 Å². The van der Waals surface area contributed by atoms with Crippen molar-refractivity contribution in [2.75, 3.05) is 24.5 Å². The van der Waals surface area contributed by atoms with Crippen molar-refractivity contribution in [1.82, 2.24) is 10.2 Å². The molecule has 8 nitrogen and oxygen atoms in total. The number of methoxy groups -OCH3 is 1. The van der Waals surface area contributed by atoms with Crippen LogP contribution in [0, 0.1) is 6.92 Å². The topological polar surface area (TPSA) is 96.0 Å². The maximum absolute atomic E-state index is 13.9. The number of rotatable bonds is 12. The van der Waals surface area contributed by atoms with Crippen molar-refractivity contribution in [2.45, 2.75) is 44.7 Å². The van der Waals surface area contributed by atoms with Gasteiger partial charge >= 0.3 is 0 Å². The SMILES string of the molecule is CCCNC(=O)[C@H](C)N(Cc1ccc(OC)cc1)C(=O)CN(c1ccccc1Cl)S(=O)(=O)c1ccc(C)cc1. The van der Waals surface area contributed by atoms with E-state index in [9.17, 15) is 18.0 Å². The third kappa shape index (κ3) is 7.52. The van der Waals surface area contributed by atoms with E-state index < -0.39 is 28.5 Å². The van der Waals surface area contributed by atoms with Crippen LogP contribution in [0.3, 0.4) is 0 Å². The second kappa shape index (κ2) is 13.5. The number of carbonyl (C=O) groups is 2. The Labute approximate surface area is 235 Å². The number of amides is 2. The summed E-state index contributed by atoms with van der Waals surface area (Å²) in [6.45, 7) is 5.41. The van der Waals surface area contributed by atoms with E-state index in [4.69, 9.17) is 16.3 Å². The molecule has 0 aromatic heterocycles. The summed E-state index contributed by atoms with van der Waals surface area (Å²) >= 11 is 6.42. The predicted molar refractivity (Wildman–Crippen MR) is 153 cm³/mol. The molecule has 39 heavy (non-hydrogen) atoms. The standard InChI is InChI=1S/C29H34ClN3O5S/c1-5-18-31-29(35)22(3)32(19-23-12-14-24(38-4)15-13-23)28(34)20-33(27-9-7-6-8-26(27)30)39(36,37)25-16-10-21(2)11-17-25/h6-17,22H,5,18-20H2,1-4H3,(H,31,35)/t22-/m0/s1. The molecule has 0 radical (unpaired) electrons. The zero-order chi connectivity index (χ0) is 28.6. The lowest BCUT2D eigenvalue weighted by Gasteiger charge is -2.32. The molecule has 0 spiro atoms. The Hall–Kier alpha value is -3.56. The largest absolute Gasteiger partial charge is 0.497 e. The lowest BCUT2D eigenvalue weighted by atomic mass is 10.1.